The summed E-state index contributed by atoms with van der Waals surface area (Å²) >= 11 is 0. The fourth-order valence-corrected chi connectivity index (χ4v) is 7.69. The maximum Gasteiger partial charge on any atom is 0.137 e. The topological polar surface area (TPSA) is 44.9 Å². The summed E-state index contributed by atoms with van der Waals surface area (Å²) in [6, 6.07) is 34.8. The summed E-state index contributed by atoms with van der Waals surface area (Å²) < 4.78 is 11.1. The highest BCUT2D eigenvalue weighted by Crippen LogP contribution is 2.38. The Balaban J connectivity index is 1.29. The quantitative estimate of drug-likeness (QED) is 0.136. The maximum absolute atomic E-state index is 6.77. The van der Waals surface area contributed by atoms with E-state index in [1.165, 1.54) is 57.9 Å². The molecule has 0 bridgehead atoms. The van der Waals surface area contributed by atoms with Crippen molar-refractivity contribution in [2.75, 3.05) is 0 Å². The molecule has 0 saturated carbocycles. The van der Waals surface area contributed by atoms with Crippen molar-refractivity contribution in [2.45, 2.75) is 93.4 Å². The van der Waals surface area contributed by atoms with Crippen LogP contribution in [0.1, 0.15) is 94.3 Å². The van der Waals surface area contributed by atoms with Crippen LogP contribution in [0.25, 0.3) is 44.4 Å². The molecular formula is C47H52N4O. The lowest BCUT2D eigenvalue weighted by atomic mass is 9.86. The van der Waals surface area contributed by atoms with Crippen LogP contribution in [0.4, 0.5) is 0 Å². The Bertz CT molecular complexity index is 2360. The van der Waals surface area contributed by atoms with Gasteiger partial charge in [-0.15, -0.1) is 0 Å². The number of aryl methyl sites for hydroxylation is 3. The Kier molecular flexibility index (Phi) is 9.80. The molecule has 5 heteroatoms. The van der Waals surface area contributed by atoms with Crippen LogP contribution >= 0.6 is 0 Å². The normalized spacial score (nSPS) is 12.5. The molecule has 7 rings (SSSR count). The van der Waals surface area contributed by atoms with Crippen molar-refractivity contribution in [1.82, 2.24) is 19.3 Å². The summed E-state index contributed by atoms with van der Waals surface area (Å²) in [4.78, 5) is 4.85. The third-order valence-electron chi connectivity index (χ3n) is 10.3. The van der Waals surface area contributed by atoms with Crippen LogP contribution in [0.15, 0.2) is 103 Å². The molecule has 0 aliphatic carbocycles. The van der Waals surface area contributed by atoms with Gasteiger partial charge in [0.1, 0.15) is 17.3 Å². The van der Waals surface area contributed by atoms with Crippen molar-refractivity contribution in [1.29, 1.82) is 0 Å². The molecule has 0 amide bonds. The van der Waals surface area contributed by atoms with Gasteiger partial charge in [-0.2, -0.15) is 5.10 Å². The summed E-state index contributed by atoms with van der Waals surface area (Å²) in [6.07, 6.45) is 7.55. The van der Waals surface area contributed by atoms with Crippen molar-refractivity contribution in [3.05, 3.63) is 131 Å². The zero-order valence-electron chi connectivity index (χ0n) is 32.1. The molecule has 5 nitrogen and oxygen atoms in total. The van der Waals surface area contributed by atoms with E-state index in [0.29, 0.717) is 11.3 Å². The lowest BCUT2D eigenvalue weighted by molar-refractivity contribution is 0.354. The molecule has 52 heavy (non-hydrogen) atoms. The smallest absolute Gasteiger partial charge is 0.137 e. The van der Waals surface area contributed by atoms with Gasteiger partial charge < -0.3 is 4.74 Å². The van der Waals surface area contributed by atoms with Crippen LogP contribution in [-0.4, -0.2) is 19.3 Å². The SMILES string of the molecule is CCCc1cc(Oc2ccc3c4cc(C(C)CCCC(C)(C)C)ccc4n(-c4cc(C)ccn4)c3c2)cc(-n2nc(C)c(-c3ccccc3)c2C)c1. The molecule has 0 N–H and O–H groups in total. The van der Waals surface area contributed by atoms with Crippen molar-refractivity contribution in [2.24, 2.45) is 5.41 Å². The summed E-state index contributed by atoms with van der Waals surface area (Å²) in [5.41, 5.74) is 11.9. The summed E-state index contributed by atoms with van der Waals surface area (Å²) in [7, 11) is 0. The van der Waals surface area contributed by atoms with Crippen LogP contribution in [0, 0.1) is 26.2 Å². The molecule has 7 aromatic rings. The third-order valence-corrected chi connectivity index (χ3v) is 10.3. The highest BCUT2D eigenvalue weighted by atomic mass is 16.5. The molecule has 3 aromatic heterocycles. The van der Waals surface area contributed by atoms with Gasteiger partial charge >= 0.3 is 0 Å². The molecule has 266 valence electrons. The molecule has 1 atom stereocenters. The van der Waals surface area contributed by atoms with Gasteiger partial charge in [0.15, 0.2) is 0 Å². The van der Waals surface area contributed by atoms with Crippen LogP contribution in [0.5, 0.6) is 11.5 Å². The van der Waals surface area contributed by atoms with Gasteiger partial charge in [-0.05, 0) is 122 Å². The van der Waals surface area contributed by atoms with E-state index in [1.807, 2.05) is 6.20 Å². The van der Waals surface area contributed by atoms with E-state index < -0.39 is 0 Å². The number of fused-ring (bicyclic) bond motifs is 3. The molecule has 0 aliphatic heterocycles. The number of pyridine rings is 1. The monoisotopic (exact) mass is 688 g/mol. The van der Waals surface area contributed by atoms with Crippen LogP contribution in [-0.2, 0) is 6.42 Å². The Morgan fingerprint density at radius 1 is 0.788 bits per heavy atom. The maximum atomic E-state index is 6.77. The first-order valence-electron chi connectivity index (χ1n) is 18.9. The molecule has 0 radical (unpaired) electrons. The first-order valence-corrected chi connectivity index (χ1v) is 18.9. The minimum absolute atomic E-state index is 0.361. The van der Waals surface area contributed by atoms with E-state index in [0.717, 1.165) is 58.3 Å². The van der Waals surface area contributed by atoms with E-state index in [1.54, 1.807) is 0 Å². The van der Waals surface area contributed by atoms with Crippen LogP contribution in [0.2, 0.25) is 0 Å². The summed E-state index contributed by atoms with van der Waals surface area (Å²) in [6.45, 7) is 17.9. The van der Waals surface area contributed by atoms with E-state index in [-0.39, 0.29) is 0 Å². The minimum atomic E-state index is 0.361. The van der Waals surface area contributed by atoms with Gasteiger partial charge in [-0.3, -0.25) is 4.57 Å². The van der Waals surface area contributed by atoms with Gasteiger partial charge in [0, 0.05) is 40.4 Å². The van der Waals surface area contributed by atoms with Crippen LogP contribution in [0.3, 0.4) is 0 Å². The average molecular weight is 689 g/mol. The molecule has 0 aliphatic rings. The molecular weight excluding hydrogens is 637 g/mol. The number of aromatic nitrogens is 4. The summed E-state index contributed by atoms with van der Waals surface area (Å²) in [5.74, 6) is 2.99. The molecule has 0 spiro atoms. The van der Waals surface area contributed by atoms with E-state index >= 15 is 0 Å². The molecule has 3 heterocycles. The number of benzene rings is 4. The fourth-order valence-electron chi connectivity index (χ4n) is 7.69. The Hall–Kier alpha value is -5.16. The number of hydrogen-bond donors (Lipinski definition) is 0. The lowest BCUT2D eigenvalue weighted by Crippen LogP contribution is -2.05. The van der Waals surface area contributed by atoms with Crippen molar-refractivity contribution in [3.63, 3.8) is 0 Å². The Labute approximate surface area is 309 Å². The number of rotatable bonds is 11. The van der Waals surface area contributed by atoms with Crippen molar-refractivity contribution < 1.29 is 4.74 Å². The standard InChI is InChI=1S/C47H52N4O/c1-9-14-35-26-38(51-34(5)46(33(4)49-51)36-16-11-10-12-17-36)29-40(27-35)52-39-19-20-41-42-28-37(32(3)15-13-23-47(6,7)8)18-21-43(42)50(44(41)30-39)45-25-31(2)22-24-48-45/h10-12,16-22,24-30,32H,9,13-15,23H2,1-8H3. The zero-order valence-corrected chi connectivity index (χ0v) is 32.1. The molecule has 4 aromatic carbocycles. The largest absolute Gasteiger partial charge is 0.457 e. The van der Waals surface area contributed by atoms with Crippen LogP contribution < -0.4 is 4.74 Å². The van der Waals surface area contributed by atoms with Gasteiger partial charge in [0.2, 0.25) is 0 Å². The number of nitrogens with zero attached hydrogens (tertiary/aromatic N) is 4. The number of hydrogen-bond acceptors (Lipinski definition) is 3. The van der Waals surface area contributed by atoms with E-state index in [4.69, 9.17) is 14.8 Å². The van der Waals surface area contributed by atoms with Gasteiger partial charge in [0.25, 0.3) is 0 Å². The molecule has 0 fully saturated rings. The highest BCUT2D eigenvalue weighted by molar-refractivity contribution is 6.09. The Morgan fingerprint density at radius 2 is 1.60 bits per heavy atom. The molecule has 1 unspecified atom stereocenters. The van der Waals surface area contributed by atoms with E-state index in [2.05, 4.69) is 162 Å². The molecule has 0 saturated heterocycles. The predicted molar refractivity (Wildman–Crippen MR) is 218 cm³/mol. The number of ether oxygens (including phenoxy) is 1. The minimum Gasteiger partial charge on any atom is -0.457 e. The van der Waals surface area contributed by atoms with Gasteiger partial charge in [-0.25, -0.2) is 9.67 Å². The van der Waals surface area contributed by atoms with Crippen molar-refractivity contribution in [3.8, 4) is 34.1 Å². The first-order chi connectivity index (χ1) is 25.0. The second-order valence-corrected chi connectivity index (χ2v) is 15.8. The van der Waals surface area contributed by atoms with Gasteiger partial charge in [0.05, 0.1) is 22.4 Å². The fraction of sp³-hybridized carbons (Fsp3) is 0.319. The van der Waals surface area contributed by atoms with Crippen molar-refractivity contribution >= 4 is 21.8 Å². The summed E-state index contributed by atoms with van der Waals surface area (Å²) in [5, 5.41) is 7.47. The Morgan fingerprint density at radius 3 is 2.35 bits per heavy atom. The first kappa shape index (κ1) is 35.3. The second-order valence-electron chi connectivity index (χ2n) is 15.8. The van der Waals surface area contributed by atoms with E-state index in [9.17, 15) is 0 Å². The van der Waals surface area contributed by atoms with Gasteiger partial charge in [-0.1, -0.05) is 83.9 Å². The second kappa shape index (κ2) is 14.5. The lowest BCUT2D eigenvalue weighted by Gasteiger charge is -2.19. The highest BCUT2D eigenvalue weighted by Gasteiger charge is 2.19. The predicted octanol–water partition coefficient (Wildman–Crippen LogP) is 13.0. The average Bonchev–Trinajstić information content (AvgIpc) is 3.60. The third kappa shape index (κ3) is 7.27. The zero-order chi connectivity index (χ0) is 36.6.